The Labute approximate surface area is 180 Å². The van der Waals surface area contributed by atoms with Gasteiger partial charge in [-0.25, -0.2) is 9.97 Å². The molecule has 156 valence electrons. The van der Waals surface area contributed by atoms with Gasteiger partial charge in [0.1, 0.15) is 16.9 Å². The van der Waals surface area contributed by atoms with Crippen LogP contribution >= 0.6 is 0 Å². The minimum absolute atomic E-state index is 0.182. The predicted octanol–water partition coefficient (Wildman–Crippen LogP) is 4.09. The Morgan fingerprint density at radius 1 is 1.16 bits per heavy atom. The van der Waals surface area contributed by atoms with Crippen molar-refractivity contribution in [2.45, 2.75) is 19.8 Å². The third-order valence-electron chi connectivity index (χ3n) is 5.03. The second-order valence-electron chi connectivity index (χ2n) is 7.52. The topological polar surface area (TPSA) is 98.2 Å². The highest BCUT2D eigenvalue weighted by Crippen LogP contribution is 2.27. The first-order chi connectivity index (χ1) is 15.0. The van der Waals surface area contributed by atoms with Gasteiger partial charge in [0, 0.05) is 6.54 Å². The van der Waals surface area contributed by atoms with E-state index >= 15 is 0 Å². The fourth-order valence-corrected chi connectivity index (χ4v) is 3.33. The summed E-state index contributed by atoms with van der Waals surface area (Å²) < 4.78 is 1.47. The molecule has 0 bridgehead atoms. The van der Waals surface area contributed by atoms with Crippen LogP contribution in [-0.2, 0) is 0 Å². The van der Waals surface area contributed by atoms with E-state index < -0.39 is 0 Å². The number of anilines is 1. The van der Waals surface area contributed by atoms with E-state index in [0.29, 0.717) is 34.7 Å². The molecule has 7 nitrogen and oxygen atoms in total. The van der Waals surface area contributed by atoms with Crippen LogP contribution in [0.4, 0.5) is 5.82 Å². The second kappa shape index (κ2) is 8.39. The van der Waals surface area contributed by atoms with Crippen LogP contribution in [0.1, 0.15) is 41.3 Å². The van der Waals surface area contributed by atoms with E-state index in [1.807, 2.05) is 36.4 Å². The van der Waals surface area contributed by atoms with Crippen LogP contribution in [0.3, 0.4) is 0 Å². The quantitative estimate of drug-likeness (QED) is 0.368. The maximum atomic E-state index is 12.8. The van der Waals surface area contributed by atoms with E-state index in [1.165, 1.54) is 10.2 Å². The van der Waals surface area contributed by atoms with Crippen LogP contribution in [0.15, 0.2) is 66.3 Å². The lowest BCUT2D eigenvalue weighted by Gasteiger charge is -2.05. The normalized spacial score (nSPS) is 11.6. The zero-order valence-corrected chi connectivity index (χ0v) is 17.5. The molecule has 0 aliphatic heterocycles. The van der Waals surface area contributed by atoms with Gasteiger partial charge in [0.2, 0.25) is 0 Å². The summed E-state index contributed by atoms with van der Waals surface area (Å²) in [4.78, 5) is 22.1. The van der Waals surface area contributed by atoms with Gasteiger partial charge >= 0.3 is 0 Å². The van der Waals surface area contributed by atoms with Crippen molar-refractivity contribution in [1.29, 1.82) is 0 Å². The van der Waals surface area contributed by atoms with Crippen LogP contribution in [-0.4, -0.2) is 33.3 Å². The lowest BCUT2D eigenvalue weighted by atomic mass is 10.0. The Morgan fingerprint density at radius 3 is 2.48 bits per heavy atom. The Bertz CT molecular complexity index is 1300. The molecular weight excluding hydrogens is 388 g/mol. The average molecular weight is 412 g/mol. The highest BCUT2D eigenvalue weighted by atomic mass is 16.1. The van der Waals surface area contributed by atoms with Crippen molar-refractivity contribution in [2.24, 2.45) is 5.10 Å². The lowest BCUT2D eigenvalue weighted by molar-refractivity contribution is 0.0960. The number of para-hydroxylation sites is 2. The van der Waals surface area contributed by atoms with Crippen molar-refractivity contribution in [3.8, 4) is 0 Å². The molecule has 0 fully saturated rings. The number of nitrogens with two attached hydrogens (primary N) is 1. The van der Waals surface area contributed by atoms with Crippen LogP contribution in [0.25, 0.3) is 22.2 Å². The zero-order valence-electron chi connectivity index (χ0n) is 17.5. The number of rotatable bonds is 6. The highest BCUT2D eigenvalue weighted by Gasteiger charge is 2.23. The Balaban J connectivity index is 1.85. The fraction of sp³-hybridized carbons (Fsp3) is 0.167. The van der Waals surface area contributed by atoms with Crippen LogP contribution in [0.2, 0.25) is 0 Å². The van der Waals surface area contributed by atoms with Gasteiger partial charge in [-0.3, -0.25) is 4.79 Å². The monoisotopic (exact) mass is 412 g/mol. The third kappa shape index (κ3) is 3.90. The van der Waals surface area contributed by atoms with E-state index in [9.17, 15) is 4.79 Å². The minimum Gasteiger partial charge on any atom is -0.383 e. The van der Waals surface area contributed by atoms with Crippen molar-refractivity contribution in [2.75, 3.05) is 12.3 Å². The van der Waals surface area contributed by atoms with Gasteiger partial charge in [0.05, 0.1) is 17.2 Å². The molecule has 3 N–H and O–H groups in total. The first kappa shape index (κ1) is 20.3. The van der Waals surface area contributed by atoms with Crippen LogP contribution in [0.5, 0.6) is 0 Å². The fourth-order valence-electron chi connectivity index (χ4n) is 3.33. The molecule has 0 aliphatic carbocycles. The number of benzene rings is 2. The number of hydrogen-bond donors (Lipinski definition) is 2. The summed E-state index contributed by atoms with van der Waals surface area (Å²) in [5, 5.41) is 7.30. The summed E-state index contributed by atoms with van der Waals surface area (Å²) in [6.07, 6.45) is 3.30. The molecule has 0 unspecified atom stereocenters. The predicted molar refractivity (Wildman–Crippen MR) is 125 cm³/mol. The first-order valence-corrected chi connectivity index (χ1v) is 10.1. The summed E-state index contributed by atoms with van der Waals surface area (Å²) in [5.74, 6) is 0.291. The molecular formula is C24H24N6O. The Kier molecular flexibility index (Phi) is 5.49. The van der Waals surface area contributed by atoms with Gasteiger partial charge in [-0.05, 0) is 29.2 Å². The van der Waals surface area contributed by atoms with Gasteiger partial charge < -0.3 is 11.1 Å². The minimum atomic E-state index is -0.345. The van der Waals surface area contributed by atoms with Gasteiger partial charge in [-0.1, -0.05) is 56.3 Å². The molecule has 2 heterocycles. The van der Waals surface area contributed by atoms with Crippen molar-refractivity contribution >= 4 is 40.1 Å². The molecule has 0 aliphatic rings. The number of hydrogen-bond acceptors (Lipinski definition) is 5. The SMILES string of the molecule is C=CCNC(=O)c1c(N)n(N=Cc2ccc(C(C)C)cc2)c2nc3ccccc3nc12. The third-order valence-corrected chi connectivity index (χ3v) is 5.03. The second-order valence-corrected chi connectivity index (χ2v) is 7.52. The number of nitrogens with one attached hydrogen (secondary N) is 1. The molecule has 2 aromatic heterocycles. The standard InChI is InChI=1S/C24H24N6O/c1-4-13-26-24(31)20-21-23(29-19-8-6-5-7-18(19)28-21)30(22(20)25)27-14-16-9-11-17(12-10-16)15(2)3/h4-12,14-15H,1,13,25H2,2-3H3,(H,26,31). The molecule has 1 amide bonds. The summed E-state index contributed by atoms with van der Waals surface area (Å²) in [6, 6.07) is 15.6. The van der Waals surface area contributed by atoms with E-state index in [0.717, 1.165) is 5.56 Å². The summed E-state index contributed by atoms with van der Waals surface area (Å²) in [7, 11) is 0. The molecule has 0 spiro atoms. The molecule has 0 radical (unpaired) electrons. The average Bonchev–Trinajstić information content (AvgIpc) is 3.04. The maximum absolute atomic E-state index is 12.8. The number of carbonyl (C=O) groups is 1. The largest absolute Gasteiger partial charge is 0.383 e. The van der Waals surface area contributed by atoms with Gasteiger partial charge in [0.25, 0.3) is 5.91 Å². The van der Waals surface area contributed by atoms with Gasteiger partial charge in [-0.15, -0.1) is 6.58 Å². The van der Waals surface area contributed by atoms with E-state index in [2.05, 4.69) is 52.9 Å². The molecule has 31 heavy (non-hydrogen) atoms. The Morgan fingerprint density at radius 2 is 1.84 bits per heavy atom. The lowest BCUT2D eigenvalue weighted by Crippen LogP contribution is -2.24. The molecule has 4 aromatic rings. The van der Waals surface area contributed by atoms with Crippen molar-refractivity contribution in [1.82, 2.24) is 20.0 Å². The molecule has 0 saturated carbocycles. The van der Waals surface area contributed by atoms with Crippen molar-refractivity contribution in [3.63, 3.8) is 0 Å². The molecule has 0 saturated heterocycles. The zero-order chi connectivity index (χ0) is 22.0. The van der Waals surface area contributed by atoms with E-state index in [-0.39, 0.29) is 17.3 Å². The molecule has 4 rings (SSSR count). The van der Waals surface area contributed by atoms with E-state index in [1.54, 1.807) is 12.3 Å². The number of fused-ring (bicyclic) bond motifs is 2. The van der Waals surface area contributed by atoms with Crippen molar-refractivity contribution in [3.05, 3.63) is 77.9 Å². The Hall–Kier alpha value is -4.00. The summed E-state index contributed by atoms with van der Waals surface area (Å²) in [6.45, 7) is 8.25. The van der Waals surface area contributed by atoms with Gasteiger partial charge in [0.15, 0.2) is 5.65 Å². The van der Waals surface area contributed by atoms with Crippen molar-refractivity contribution < 1.29 is 4.79 Å². The highest BCUT2D eigenvalue weighted by molar-refractivity contribution is 6.10. The number of carbonyl (C=O) groups excluding carboxylic acids is 1. The molecule has 7 heteroatoms. The number of aromatic nitrogens is 3. The summed E-state index contributed by atoms with van der Waals surface area (Å²) >= 11 is 0. The number of nitrogen functional groups attached to an aromatic ring is 1. The molecule has 2 aromatic carbocycles. The van der Waals surface area contributed by atoms with E-state index in [4.69, 9.17) is 5.73 Å². The smallest absolute Gasteiger partial charge is 0.257 e. The van der Waals surface area contributed by atoms with Crippen LogP contribution in [0, 0.1) is 0 Å². The van der Waals surface area contributed by atoms with Crippen LogP contribution < -0.4 is 11.1 Å². The number of nitrogens with zero attached hydrogens (tertiary/aromatic N) is 4. The maximum Gasteiger partial charge on any atom is 0.257 e. The summed E-state index contributed by atoms with van der Waals surface area (Å²) in [5.41, 5.74) is 11.0. The molecule has 0 atom stereocenters. The number of amides is 1. The first-order valence-electron chi connectivity index (χ1n) is 10.1. The van der Waals surface area contributed by atoms with Gasteiger partial charge in [-0.2, -0.15) is 9.78 Å².